The fourth-order valence-corrected chi connectivity index (χ4v) is 4.27. The van der Waals surface area contributed by atoms with Crippen molar-refractivity contribution in [3.8, 4) is 16.9 Å². The lowest BCUT2D eigenvalue weighted by molar-refractivity contribution is 0.0661. The summed E-state index contributed by atoms with van der Waals surface area (Å²) in [7, 11) is 1.73. The molecule has 32 heavy (non-hydrogen) atoms. The van der Waals surface area contributed by atoms with E-state index in [1.807, 2.05) is 37.3 Å². The molecule has 1 aliphatic rings. The van der Waals surface area contributed by atoms with E-state index in [1.54, 1.807) is 21.3 Å². The lowest BCUT2D eigenvalue weighted by Gasteiger charge is -2.32. The Bertz CT molecular complexity index is 1290. The number of amides is 1. The first-order valence-electron chi connectivity index (χ1n) is 10.2. The number of aryl methyl sites for hydroxylation is 1. The molecule has 0 N–H and O–H groups in total. The number of fused-ring (bicyclic) bond motifs is 1. The fourth-order valence-electron chi connectivity index (χ4n) is 4.27. The van der Waals surface area contributed by atoms with Crippen molar-refractivity contribution < 1.29 is 13.6 Å². The van der Waals surface area contributed by atoms with E-state index >= 15 is 0 Å². The molecule has 7 nitrogen and oxygen atoms in total. The van der Waals surface area contributed by atoms with Crippen LogP contribution in [0.25, 0.3) is 16.9 Å². The van der Waals surface area contributed by atoms with Crippen LogP contribution in [0.5, 0.6) is 0 Å². The molecule has 1 unspecified atom stereocenters. The van der Waals surface area contributed by atoms with Gasteiger partial charge in [0.2, 0.25) is 5.82 Å². The summed E-state index contributed by atoms with van der Waals surface area (Å²) < 4.78 is 30.8. The van der Waals surface area contributed by atoms with Crippen molar-refractivity contribution in [3.05, 3.63) is 83.6 Å². The number of rotatable bonds is 3. The highest BCUT2D eigenvalue weighted by Crippen LogP contribution is 2.36. The number of nitrogens with zero attached hydrogens (tertiary/aromatic N) is 6. The maximum atomic E-state index is 13.8. The molecule has 0 fully saturated rings. The zero-order chi connectivity index (χ0) is 22.4. The van der Waals surface area contributed by atoms with Crippen LogP contribution < -0.4 is 0 Å². The van der Waals surface area contributed by atoms with Crippen molar-refractivity contribution in [3.63, 3.8) is 0 Å². The molecule has 1 aliphatic heterocycles. The number of para-hydroxylation sites is 1. The van der Waals surface area contributed by atoms with Crippen LogP contribution in [0.1, 0.15) is 34.8 Å². The molecule has 162 valence electrons. The number of carbonyl (C=O) groups is 1. The Kier molecular flexibility index (Phi) is 4.80. The van der Waals surface area contributed by atoms with E-state index in [0.29, 0.717) is 29.9 Å². The molecular weight excluding hydrogens is 414 g/mol. The van der Waals surface area contributed by atoms with Crippen LogP contribution in [0.15, 0.2) is 54.9 Å². The highest BCUT2D eigenvalue weighted by molar-refractivity contribution is 5.91. The first kappa shape index (κ1) is 20.0. The molecule has 5 rings (SSSR count). The van der Waals surface area contributed by atoms with E-state index in [0.717, 1.165) is 17.3 Å². The van der Waals surface area contributed by atoms with Crippen LogP contribution in [0.4, 0.5) is 8.78 Å². The van der Waals surface area contributed by atoms with Crippen molar-refractivity contribution in [1.82, 2.24) is 29.4 Å². The van der Waals surface area contributed by atoms with Crippen LogP contribution >= 0.6 is 0 Å². The number of hydrogen-bond acceptors (Lipinski definition) is 4. The van der Waals surface area contributed by atoms with Crippen molar-refractivity contribution >= 4 is 5.91 Å². The number of carbonyl (C=O) groups excluding carboxylic acids is 1. The Morgan fingerprint density at radius 2 is 1.78 bits per heavy atom. The average molecular weight is 434 g/mol. The Morgan fingerprint density at radius 3 is 2.50 bits per heavy atom. The van der Waals surface area contributed by atoms with Gasteiger partial charge in [0.25, 0.3) is 5.91 Å². The molecule has 0 saturated heterocycles. The number of hydrogen-bond donors (Lipinski definition) is 0. The highest BCUT2D eigenvalue weighted by atomic mass is 19.1. The monoisotopic (exact) mass is 434 g/mol. The summed E-state index contributed by atoms with van der Waals surface area (Å²) in [4.78, 5) is 19.0. The van der Waals surface area contributed by atoms with E-state index in [2.05, 4.69) is 15.2 Å². The predicted octanol–water partition coefficient (Wildman–Crippen LogP) is 3.71. The van der Waals surface area contributed by atoms with Gasteiger partial charge in [-0.25, -0.2) is 18.4 Å². The minimum Gasteiger partial charge on any atom is -0.327 e. The number of benzene rings is 2. The molecule has 0 spiro atoms. The van der Waals surface area contributed by atoms with Gasteiger partial charge in [0.05, 0.1) is 23.1 Å². The van der Waals surface area contributed by atoms with Crippen LogP contribution in [-0.4, -0.2) is 41.9 Å². The molecule has 2 aromatic heterocycles. The standard InChI is InChI=1S/C23H20F2N6O/c1-14-20-19(21(29(2)27-20)15-10-16(24)12-17(25)11-15)8-9-30(14)23(32)22-26-13-31(28-22)18-6-4-3-5-7-18/h3-7,10-14H,8-9H2,1-2H3. The maximum absolute atomic E-state index is 13.8. The first-order chi connectivity index (χ1) is 15.4. The zero-order valence-electron chi connectivity index (χ0n) is 17.5. The molecular formula is C23H20F2N6O. The van der Waals surface area contributed by atoms with Crippen LogP contribution in [-0.2, 0) is 13.5 Å². The smallest absolute Gasteiger partial charge is 0.294 e. The molecule has 2 aromatic carbocycles. The van der Waals surface area contributed by atoms with E-state index in [1.165, 1.54) is 18.5 Å². The Hall–Kier alpha value is -3.88. The molecule has 1 atom stereocenters. The van der Waals surface area contributed by atoms with Gasteiger partial charge in [0.1, 0.15) is 18.0 Å². The molecule has 4 aromatic rings. The highest BCUT2D eigenvalue weighted by Gasteiger charge is 2.34. The van der Waals surface area contributed by atoms with Gasteiger partial charge in [-0.3, -0.25) is 9.48 Å². The third-order valence-electron chi connectivity index (χ3n) is 5.74. The van der Waals surface area contributed by atoms with Crippen molar-refractivity contribution in [2.24, 2.45) is 7.05 Å². The van der Waals surface area contributed by atoms with Gasteiger partial charge in [0.15, 0.2) is 0 Å². The second kappa shape index (κ2) is 7.67. The number of aromatic nitrogens is 5. The quantitative estimate of drug-likeness (QED) is 0.493. The molecule has 9 heteroatoms. The van der Waals surface area contributed by atoms with Crippen molar-refractivity contribution in [1.29, 1.82) is 0 Å². The summed E-state index contributed by atoms with van der Waals surface area (Å²) in [5.41, 5.74) is 3.48. The van der Waals surface area contributed by atoms with Gasteiger partial charge in [-0.05, 0) is 37.6 Å². The minimum atomic E-state index is -0.643. The van der Waals surface area contributed by atoms with E-state index in [9.17, 15) is 13.6 Å². The second-order valence-corrected chi connectivity index (χ2v) is 7.77. The van der Waals surface area contributed by atoms with Crippen LogP contribution in [0, 0.1) is 11.6 Å². The van der Waals surface area contributed by atoms with E-state index in [4.69, 9.17) is 0 Å². The minimum absolute atomic E-state index is 0.104. The van der Waals surface area contributed by atoms with Crippen LogP contribution in [0.2, 0.25) is 0 Å². The molecule has 0 bridgehead atoms. The molecule has 0 aliphatic carbocycles. The Labute approximate surface area is 182 Å². The summed E-state index contributed by atoms with van der Waals surface area (Å²) in [6.45, 7) is 2.30. The van der Waals surface area contributed by atoms with Gasteiger partial charge < -0.3 is 4.90 Å². The Morgan fingerprint density at radius 1 is 1.06 bits per heavy atom. The zero-order valence-corrected chi connectivity index (χ0v) is 17.5. The molecule has 3 heterocycles. The third-order valence-corrected chi connectivity index (χ3v) is 5.74. The molecule has 0 saturated carbocycles. The summed E-state index contributed by atoms with van der Waals surface area (Å²) >= 11 is 0. The normalized spacial score (nSPS) is 15.6. The summed E-state index contributed by atoms with van der Waals surface area (Å²) in [6, 6.07) is 12.5. The molecule has 0 radical (unpaired) electrons. The lowest BCUT2D eigenvalue weighted by Crippen LogP contribution is -2.39. The molecule has 1 amide bonds. The largest absolute Gasteiger partial charge is 0.327 e. The van der Waals surface area contributed by atoms with Crippen molar-refractivity contribution in [2.75, 3.05) is 6.54 Å². The van der Waals surface area contributed by atoms with Crippen LogP contribution in [0.3, 0.4) is 0 Å². The predicted molar refractivity (Wildman–Crippen MR) is 113 cm³/mol. The van der Waals surface area contributed by atoms with Gasteiger partial charge in [-0.1, -0.05) is 18.2 Å². The van der Waals surface area contributed by atoms with Crippen molar-refractivity contribution in [2.45, 2.75) is 19.4 Å². The topological polar surface area (TPSA) is 68.8 Å². The summed E-state index contributed by atoms with van der Waals surface area (Å²) in [5.74, 6) is -1.47. The average Bonchev–Trinajstić information content (AvgIpc) is 3.38. The Balaban J connectivity index is 1.45. The van der Waals surface area contributed by atoms with E-state index in [-0.39, 0.29) is 17.8 Å². The van der Waals surface area contributed by atoms with Gasteiger partial charge in [0, 0.05) is 30.8 Å². The van der Waals surface area contributed by atoms with Gasteiger partial charge >= 0.3 is 0 Å². The second-order valence-electron chi connectivity index (χ2n) is 7.77. The summed E-state index contributed by atoms with van der Waals surface area (Å²) in [5, 5.41) is 8.92. The SMILES string of the molecule is CC1c2nn(C)c(-c3cc(F)cc(F)c3)c2CCN1C(=O)c1ncn(-c2ccccc2)n1. The lowest BCUT2D eigenvalue weighted by atomic mass is 9.95. The van der Waals surface area contributed by atoms with E-state index < -0.39 is 11.6 Å². The third kappa shape index (κ3) is 3.35. The number of halogens is 2. The van der Waals surface area contributed by atoms with Gasteiger partial charge in [-0.2, -0.15) is 5.10 Å². The van der Waals surface area contributed by atoms with Gasteiger partial charge in [-0.15, -0.1) is 5.10 Å². The first-order valence-corrected chi connectivity index (χ1v) is 10.2. The maximum Gasteiger partial charge on any atom is 0.294 e. The fraction of sp³-hybridized carbons (Fsp3) is 0.217. The summed E-state index contributed by atoms with van der Waals surface area (Å²) in [6.07, 6.45) is 2.02.